The van der Waals surface area contributed by atoms with Gasteiger partial charge < -0.3 is 14.7 Å². The number of thioether (sulfide) groups is 1. The van der Waals surface area contributed by atoms with Gasteiger partial charge in [-0.05, 0) is 38.5 Å². The van der Waals surface area contributed by atoms with Crippen molar-refractivity contribution in [2.24, 2.45) is 5.92 Å². The fourth-order valence-corrected chi connectivity index (χ4v) is 4.57. The maximum Gasteiger partial charge on any atom is 0.323 e. The maximum atomic E-state index is 12.8. The lowest BCUT2D eigenvalue weighted by molar-refractivity contribution is -0.133. The van der Waals surface area contributed by atoms with Crippen molar-refractivity contribution in [3.63, 3.8) is 0 Å². The van der Waals surface area contributed by atoms with Crippen molar-refractivity contribution in [1.29, 1.82) is 0 Å². The third kappa shape index (κ3) is 6.77. The Balaban J connectivity index is 1.95. The quantitative estimate of drug-likeness (QED) is 0.483. The summed E-state index contributed by atoms with van der Waals surface area (Å²) in [6.07, 6.45) is 5.89. The lowest BCUT2D eigenvalue weighted by Gasteiger charge is -2.36. The molecular formula is C17H27N3O4S2. The number of amides is 2. The molecule has 7 nitrogen and oxygen atoms in total. The minimum Gasteiger partial charge on any atom is -0.481 e. The molecule has 1 heterocycles. The van der Waals surface area contributed by atoms with Crippen LogP contribution in [0.5, 0.6) is 0 Å². The Labute approximate surface area is 162 Å². The van der Waals surface area contributed by atoms with Gasteiger partial charge in [0, 0.05) is 19.2 Å². The predicted octanol–water partition coefficient (Wildman–Crippen LogP) is 3.77. The molecule has 1 aliphatic rings. The summed E-state index contributed by atoms with van der Waals surface area (Å²) in [6, 6.07) is 0.0702. The minimum atomic E-state index is -0.873. The Kier molecular flexibility index (Phi) is 8.67. The highest BCUT2D eigenvalue weighted by molar-refractivity contribution is 8.01. The van der Waals surface area contributed by atoms with E-state index in [0.29, 0.717) is 24.9 Å². The van der Waals surface area contributed by atoms with Gasteiger partial charge >= 0.3 is 12.0 Å². The number of aromatic nitrogens is 1. The van der Waals surface area contributed by atoms with Crippen LogP contribution >= 0.6 is 23.1 Å². The van der Waals surface area contributed by atoms with Crippen LogP contribution in [0.25, 0.3) is 0 Å². The number of anilines is 1. The Bertz CT molecular complexity index is 588. The number of nitrogens with zero attached hydrogens (tertiary/aromatic N) is 2. The average molecular weight is 402 g/mol. The van der Waals surface area contributed by atoms with Crippen LogP contribution in [0.2, 0.25) is 0 Å². The SMILES string of the molecule is CCOCCN(C(=O)Nc1ncc(SCC(=O)O)s1)[C@H]1CC[C@H](C)CC1. The molecule has 0 radical (unpaired) electrons. The van der Waals surface area contributed by atoms with E-state index in [1.54, 1.807) is 6.20 Å². The Hall–Kier alpha value is -1.32. The molecular weight excluding hydrogens is 374 g/mol. The summed E-state index contributed by atoms with van der Waals surface area (Å²) in [6.45, 7) is 5.91. The van der Waals surface area contributed by atoms with Gasteiger partial charge in [0.15, 0.2) is 5.13 Å². The number of hydrogen-bond donors (Lipinski definition) is 2. The Morgan fingerprint density at radius 3 is 2.81 bits per heavy atom. The smallest absolute Gasteiger partial charge is 0.323 e. The molecule has 0 aromatic carbocycles. The standard InChI is InChI=1S/C17H27N3O4S2/c1-3-24-9-8-20(13-6-4-12(2)5-7-13)17(23)19-16-18-10-15(26-16)25-11-14(21)22/h10,12-13H,3-9,11H2,1-2H3,(H,21,22)(H,18,19,23)/t12-,13-. The number of nitrogens with one attached hydrogen (secondary N) is 1. The fraction of sp³-hybridized carbons (Fsp3) is 0.706. The van der Waals surface area contributed by atoms with Gasteiger partial charge in [0.2, 0.25) is 0 Å². The molecule has 1 aromatic heterocycles. The molecule has 0 saturated heterocycles. The molecule has 0 spiro atoms. The summed E-state index contributed by atoms with van der Waals surface area (Å²) in [5, 5.41) is 12.1. The number of urea groups is 1. The normalized spacial score (nSPS) is 19.9. The van der Waals surface area contributed by atoms with E-state index in [-0.39, 0.29) is 17.8 Å². The van der Waals surface area contributed by atoms with E-state index < -0.39 is 5.97 Å². The van der Waals surface area contributed by atoms with E-state index in [9.17, 15) is 9.59 Å². The van der Waals surface area contributed by atoms with Crippen LogP contribution in [0.4, 0.5) is 9.93 Å². The second-order valence-electron chi connectivity index (χ2n) is 6.40. The highest BCUT2D eigenvalue weighted by atomic mass is 32.2. The first-order valence-corrected chi connectivity index (χ1v) is 10.8. The zero-order valence-corrected chi connectivity index (χ0v) is 16.9. The molecule has 2 N–H and O–H groups in total. The zero-order chi connectivity index (χ0) is 18.9. The molecule has 0 atom stereocenters. The summed E-state index contributed by atoms with van der Waals surface area (Å²) in [4.78, 5) is 29.5. The molecule has 1 aliphatic carbocycles. The van der Waals surface area contributed by atoms with Crippen molar-refractivity contribution in [2.45, 2.75) is 49.8 Å². The topological polar surface area (TPSA) is 91.8 Å². The summed E-state index contributed by atoms with van der Waals surface area (Å²) in [5.74, 6) is -0.172. The molecule has 2 rings (SSSR count). The van der Waals surface area contributed by atoms with Gasteiger partial charge in [-0.2, -0.15) is 0 Å². The van der Waals surface area contributed by atoms with Crippen molar-refractivity contribution < 1.29 is 19.4 Å². The van der Waals surface area contributed by atoms with Gasteiger partial charge in [-0.25, -0.2) is 9.78 Å². The second kappa shape index (κ2) is 10.7. The predicted molar refractivity (Wildman–Crippen MR) is 104 cm³/mol. The first-order chi connectivity index (χ1) is 12.5. The van der Waals surface area contributed by atoms with Crippen LogP contribution in [-0.4, -0.2) is 58.5 Å². The lowest BCUT2D eigenvalue weighted by atomic mass is 9.86. The number of thiazole rings is 1. The zero-order valence-electron chi connectivity index (χ0n) is 15.3. The minimum absolute atomic E-state index is 0.0175. The third-order valence-corrected chi connectivity index (χ3v) is 6.50. The maximum absolute atomic E-state index is 12.8. The van der Waals surface area contributed by atoms with Gasteiger partial charge in [-0.15, -0.1) is 11.8 Å². The van der Waals surface area contributed by atoms with Gasteiger partial charge in [-0.1, -0.05) is 18.3 Å². The molecule has 26 heavy (non-hydrogen) atoms. The molecule has 0 unspecified atom stereocenters. The average Bonchev–Trinajstić information content (AvgIpc) is 3.05. The molecule has 146 valence electrons. The number of ether oxygens (including phenoxy) is 1. The van der Waals surface area contributed by atoms with E-state index in [1.165, 1.54) is 23.1 Å². The van der Waals surface area contributed by atoms with E-state index in [1.807, 2.05) is 11.8 Å². The molecule has 1 aromatic rings. The van der Waals surface area contributed by atoms with Gasteiger partial charge in [0.1, 0.15) is 0 Å². The van der Waals surface area contributed by atoms with E-state index in [2.05, 4.69) is 17.2 Å². The largest absolute Gasteiger partial charge is 0.481 e. The summed E-state index contributed by atoms with van der Waals surface area (Å²) in [5.41, 5.74) is 0. The number of carbonyl (C=O) groups is 2. The summed E-state index contributed by atoms with van der Waals surface area (Å²) >= 11 is 2.50. The molecule has 1 fully saturated rings. The van der Waals surface area contributed by atoms with Crippen molar-refractivity contribution in [3.05, 3.63) is 6.20 Å². The third-order valence-electron chi connectivity index (χ3n) is 4.40. The van der Waals surface area contributed by atoms with Crippen molar-refractivity contribution in [1.82, 2.24) is 9.88 Å². The Morgan fingerprint density at radius 1 is 1.42 bits per heavy atom. The summed E-state index contributed by atoms with van der Waals surface area (Å²) < 4.78 is 6.21. The summed E-state index contributed by atoms with van der Waals surface area (Å²) in [7, 11) is 0. The van der Waals surface area contributed by atoms with Gasteiger partial charge in [0.25, 0.3) is 0 Å². The van der Waals surface area contributed by atoms with Gasteiger partial charge in [-0.3, -0.25) is 10.1 Å². The monoisotopic (exact) mass is 401 g/mol. The number of carboxylic acids is 1. The molecule has 0 bridgehead atoms. The number of rotatable bonds is 9. The van der Waals surface area contributed by atoms with E-state index in [0.717, 1.165) is 35.8 Å². The molecule has 2 amide bonds. The van der Waals surface area contributed by atoms with Crippen LogP contribution in [0.3, 0.4) is 0 Å². The van der Waals surface area contributed by atoms with Crippen molar-refractivity contribution in [2.75, 3.05) is 30.8 Å². The van der Waals surface area contributed by atoms with E-state index in [4.69, 9.17) is 9.84 Å². The number of aliphatic carboxylic acids is 1. The number of carboxylic acid groups (broad SMARTS) is 1. The molecule has 1 saturated carbocycles. The first-order valence-electron chi connectivity index (χ1n) is 8.95. The van der Waals surface area contributed by atoms with Crippen LogP contribution in [-0.2, 0) is 9.53 Å². The highest BCUT2D eigenvalue weighted by Crippen LogP contribution is 2.30. The second-order valence-corrected chi connectivity index (χ2v) is 8.71. The fourth-order valence-electron chi connectivity index (χ4n) is 2.99. The Morgan fingerprint density at radius 2 is 2.15 bits per heavy atom. The van der Waals surface area contributed by atoms with Crippen LogP contribution < -0.4 is 5.32 Å². The highest BCUT2D eigenvalue weighted by Gasteiger charge is 2.27. The van der Waals surface area contributed by atoms with Crippen molar-refractivity contribution >= 4 is 40.2 Å². The van der Waals surface area contributed by atoms with Crippen LogP contribution in [0.1, 0.15) is 39.5 Å². The molecule has 9 heteroatoms. The van der Waals surface area contributed by atoms with Crippen LogP contribution in [0.15, 0.2) is 10.4 Å². The van der Waals surface area contributed by atoms with Gasteiger partial charge in [0.05, 0.1) is 22.8 Å². The number of hydrogen-bond acceptors (Lipinski definition) is 6. The lowest BCUT2D eigenvalue weighted by Crippen LogP contribution is -2.46. The van der Waals surface area contributed by atoms with Crippen molar-refractivity contribution in [3.8, 4) is 0 Å². The van der Waals surface area contributed by atoms with Crippen LogP contribution in [0, 0.1) is 5.92 Å². The van der Waals surface area contributed by atoms with E-state index >= 15 is 0 Å². The molecule has 0 aliphatic heterocycles. The first kappa shape index (κ1) is 21.0. The number of carbonyl (C=O) groups excluding carboxylic acids is 1.